The largest absolute Gasteiger partial charge is 0.365 e. The predicted octanol–water partition coefficient (Wildman–Crippen LogP) is 7.94. The molecule has 0 unspecified atom stereocenters. The molecule has 0 aliphatic heterocycles. The highest BCUT2D eigenvalue weighted by Crippen LogP contribution is 2.35. The van der Waals surface area contributed by atoms with Crippen LogP contribution in [-0.4, -0.2) is 27.9 Å². The van der Waals surface area contributed by atoms with E-state index in [0.717, 1.165) is 78.4 Å². The van der Waals surface area contributed by atoms with Crippen LogP contribution in [0.3, 0.4) is 0 Å². The van der Waals surface area contributed by atoms with Gasteiger partial charge in [0.2, 0.25) is 0 Å². The minimum atomic E-state index is -0.468. The summed E-state index contributed by atoms with van der Waals surface area (Å²) >= 11 is 0. The summed E-state index contributed by atoms with van der Waals surface area (Å²) < 4.78 is 2.23. The quantitative estimate of drug-likeness (QED) is 0.0803. The maximum atomic E-state index is 12.8. The van der Waals surface area contributed by atoms with Crippen molar-refractivity contribution in [1.29, 1.82) is 0 Å². The number of fused-ring (bicyclic) bond motifs is 2. The monoisotopic (exact) mass is 563 g/mol. The van der Waals surface area contributed by atoms with Crippen LogP contribution >= 0.6 is 0 Å². The first-order valence-corrected chi connectivity index (χ1v) is 14.8. The number of rotatable bonds is 11. The van der Waals surface area contributed by atoms with Crippen LogP contribution in [0.5, 0.6) is 0 Å². The van der Waals surface area contributed by atoms with Gasteiger partial charge in [0.25, 0.3) is 0 Å². The van der Waals surface area contributed by atoms with Gasteiger partial charge in [-0.05, 0) is 74.4 Å². The summed E-state index contributed by atoms with van der Waals surface area (Å²) in [5, 5.41) is 9.58. The minimum Gasteiger partial charge on any atom is -0.318 e. The lowest BCUT2D eigenvalue weighted by atomic mass is 9.98. The van der Waals surface area contributed by atoms with Crippen LogP contribution in [-0.2, 0) is 27.3 Å². The second kappa shape index (κ2) is 13.4. The van der Waals surface area contributed by atoms with Gasteiger partial charge in [0.1, 0.15) is 0 Å². The van der Waals surface area contributed by atoms with Gasteiger partial charge >= 0.3 is 11.9 Å². The molecule has 1 aromatic heterocycles. The molecule has 0 saturated heterocycles. The van der Waals surface area contributed by atoms with Gasteiger partial charge in [0, 0.05) is 35.3 Å². The fourth-order valence-electron chi connectivity index (χ4n) is 5.71. The Kier molecular flexibility index (Phi) is 9.27. The molecular formula is C35H37N3O4. The highest BCUT2D eigenvalue weighted by Gasteiger charge is 2.23. The SMILES string of the molecule is CCCCCC/C(=N\OC(=O)c1ccccc1)c1cn(-c2ccc(/C(C)=N/OC(C)=O)c3c2CCC3)c2ccccc12. The lowest BCUT2D eigenvalue weighted by Crippen LogP contribution is -2.07. The highest BCUT2D eigenvalue weighted by atomic mass is 16.7. The highest BCUT2D eigenvalue weighted by molar-refractivity contribution is 6.11. The molecule has 0 N–H and O–H groups in total. The lowest BCUT2D eigenvalue weighted by molar-refractivity contribution is -0.140. The fraction of sp³-hybridized carbons (Fsp3) is 0.314. The van der Waals surface area contributed by atoms with Crippen molar-refractivity contribution >= 4 is 34.3 Å². The summed E-state index contributed by atoms with van der Waals surface area (Å²) in [7, 11) is 0. The van der Waals surface area contributed by atoms with Crippen molar-refractivity contribution in [3.8, 4) is 5.69 Å². The topological polar surface area (TPSA) is 82.2 Å². The van der Waals surface area contributed by atoms with Crippen LogP contribution in [0.2, 0.25) is 0 Å². The Morgan fingerprint density at radius 2 is 1.57 bits per heavy atom. The molecule has 3 aromatic carbocycles. The zero-order valence-corrected chi connectivity index (χ0v) is 24.6. The molecule has 216 valence electrons. The number of nitrogens with zero attached hydrogens (tertiary/aromatic N) is 3. The summed E-state index contributed by atoms with van der Waals surface area (Å²) in [6, 6.07) is 21.4. The van der Waals surface area contributed by atoms with Gasteiger partial charge in [-0.3, -0.25) is 0 Å². The van der Waals surface area contributed by atoms with Crippen molar-refractivity contribution in [2.24, 2.45) is 10.3 Å². The molecule has 42 heavy (non-hydrogen) atoms. The van der Waals surface area contributed by atoms with Crippen LogP contribution < -0.4 is 0 Å². The first-order chi connectivity index (χ1) is 20.5. The summed E-state index contributed by atoms with van der Waals surface area (Å²) in [5.74, 6) is -0.903. The van der Waals surface area contributed by atoms with E-state index in [4.69, 9.17) is 9.68 Å². The van der Waals surface area contributed by atoms with Crippen LogP contribution in [0.1, 0.15) is 91.9 Å². The van der Waals surface area contributed by atoms with Crippen LogP contribution in [0.25, 0.3) is 16.6 Å². The van der Waals surface area contributed by atoms with Gasteiger partial charge in [-0.25, -0.2) is 9.59 Å². The smallest absolute Gasteiger partial charge is 0.318 e. The van der Waals surface area contributed by atoms with E-state index in [9.17, 15) is 9.59 Å². The molecule has 4 aromatic rings. The summed E-state index contributed by atoms with van der Waals surface area (Å²) in [6.07, 6.45) is 10.1. The second-order valence-electron chi connectivity index (χ2n) is 10.7. The van der Waals surface area contributed by atoms with Crippen molar-refractivity contribution in [1.82, 2.24) is 4.57 Å². The Labute approximate surface area is 246 Å². The summed E-state index contributed by atoms with van der Waals surface area (Å²) in [5.41, 5.74) is 8.59. The average molecular weight is 564 g/mol. The Morgan fingerprint density at radius 3 is 2.36 bits per heavy atom. The van der Waals surface area contributed by atoms with Gasteiger partial charge in [-0.15, -0.1) is 0 Å². The molecule has 0 spiro atoms. The number of aromatic nitrogens is 1. The van der Waals surface area contributed by atoms with E-state index in [1.54, 1.807) is 12.1 Å². The average Bonchev–Trinajstić information content (AvgIpc) is 3.65. The third-order valence-electron chi connectivity index (χ3n) is 7.76. The molecule has 7 nitrogen and oxygen atoms in total. The summed E-state index contributed by atoms with van der Waals surface area (Å²) in [4.78, 5) is 34.5. The van der Waals surface area contributed by atoms with Crippen molar-refractivity contribution in [2.45, 2.75) is 72.1 Å². The van der Waals surface area contributed by atoms with E-state index in [1.165, 1.54) is 18.1 Å². The Balaban J connectivity index is 1.56. The number of hydrogen-bond donors (Lipinski definition) is 0. The van der Waals surface area contributed by atoms with E-state index in [2.05, 4.69) is 52.3 Å². The minimum absolute atomic E-state index is 0.435. The summed E-state index contributed by atoms with van der Waals surface area (Å²) in [6.45, 7) is 5.42. The van der Waals surface area contributed by atoms with Gasteiger partial charge in [-0.1, -0.05) is 79.0 Å². The van der Waals surface area contributed by atoms with E-state index in [-0.39, 0.29) is 0 Å². The van der Waals surface area contributed by atoms with Crippen LogP contribution in [0, 0.1) is 0 Å². The number of carbonyl (C=O) groups is 2. The molecular weight excluding hydrogens is 526 g/mol. The predicted molar refractivity (Wildman–Crippen MR) is 166 cm³/mol. The van der Waals surface area contributed by atoms with Gasteiger partial charge in [0.15, 0.2) is 0 Å². The number of para-hydroxylation sites is 1. The normalized spacial score (nSPS) is 13.3. The first-order valence-electron chi connectivity index (χ1n) is 14.8. The Bertz CT molecular complexity index is 1650. The van der Waals surface area contributed by atoms with Gasteiger partial charge < -0.3 is 14.2 Å². The zero-order valence-electron chi connectivity index (χ0n) is 24.6. The number of unbranched alkanes of at least 4 members (excludes halogenated alkanes) is 3. The zero-order chi connectivity index (χ0) is 29.5. The van der Waals surface area contributed by atoms with Gasteiger partial charge in [-0.2, -0.15) is 0 Å². The molecule has 0 bridgehead atoms. The third kappa shape index (κ3) is 6.35. The number of oxime groups is 2. The van der Waals surface area contributed by atoms with E-state index in [1.807, 2.05) is 37.3 Å². The van der Waals surface area contributed by atoms with Gasteiger partial charge in [0.05, 0.1) is 22.5 Å². The van der Waals surface area contributed by atoms with Crippen molar-refractivity contribution < 1.29 is 19.3 Å². The van der Waals surface area contributed by atoms with Crippen molar-refractivity contribution in [3.63, 3.8) is 0 Å². The van der Waals surface area contributed by atoms with Crippen LogP contribution in [0.15, 0.2) is 83.2 Å². The molecule has 7 heteroatoms. The second-order valence-corrected chi connectivity index (χ2v) is 10.7. The first kappa shape index (κ1) is 29.0. The molecule has 0 atom stereocenters. The van der Waals surface area contributed by atoms with E-state index >= 15 is 0 Å². The van der Waals surface area contributed by atoms with Crippen LogP contribution in [0.4, 0.5) is 0 Å². The fourth-order valence-corrected chi connectivity index (χ4v) is 5.71. The molecule has 0 fully saturated rings. The van der Waals surface area contributed by atoms with E-state index < -0.39 is 11.9 Å². The third-order valence-corrected chi connectivity index (χ3v) is 7.76. The number of hydrogen-bond acceptors (Lipinski definition) is 6. The molecule has 0 saturated carbocycles. The maximum Gasteiger partial charge on any atom is 0.365 e. The molecule has 5 rings (SSSR count). The molecule has 0 amide bonds. The molecule has 0 radical (unpaired) electrons. The Hall–Kier alpha value is -4.52. The molecule has 1 aliphatic carbocycles. The lowest BCUT2D eigenvalue weighted by Gasteiger charge is -2.15. The van der Waals surface area contributed by atoms with E-state index in [0.29, 0.717) is 17.7 Å². The standard InChI is InChI=1S/C35H37N3O4/c1-4-5-6-10-19-32(37-42-35(40)26-14-8-7-9-15-26)31-23-38(33-20-12-11-16-30(31)33)34-22-21-27(24(2)36-41-25(3)39)28-17-13-18-29(28)34/h7-9,11-12,14-16,20-23H,4-6,10,13,17-19H2,1-3H3/b36-24+,37-32+. The maximum absolute atomic E-state index is 12.8. The number of carbonyl (C=O) groups excluding carboxylic acids is 2. The molecule has 1 aliphatic rings. The van der Waals surface area contributed by atoms with Crippen molar-refractivity contribution in [2.75, 3.05) is 0 Å². The molecule has 1 heterocycles. The number of benzene rings is 3. The Morgan fingerprint density at radius 1 is 0.810 bits per heavy atom. The van der Waals surface area contributed by atoms with Crippen molar-refractivity contribution in [3.05, 3.63) is 101 Å².